The van der Waals surface area contributed by atoms with Crippen molar-refractivity contribution >= 4 is 28.3 Å². The van der Waals surface area contributed by atoms with Gasteiger partial charge in [0.05, 0.1) is 19.2 Å². The lowest BCUT2D eigenvalue weighted by Crippen LogP contribution is -2.28. The van der Waals surface area contributed by atoms with E-state index in [0.717, 1.165) is 28.1 Å². The Morgan fingerprint density at radius 2 is 1.75 bits per heavy atom. The number of hydrogen-bond acceptors (Lipinski definition) is 5. The van der Waals surface area contributed by atoms with E-state index in [0.29, 0.717) is 5.95 Å². The highest BCUT2D eigenvalue weighted by atomic mass is 35.5. The summed E-state index contributed by atoms with van der Waals surface area (Å²) in [6.45, 7) is 0. The third kappa shape index (κ3) is 2.96. The highest BCUT2D eigenvalue weighted by molar-refractivity contribution is 6.30. The van der Waals surface area contributed by atoms with E-state index in [1.165, 1.54) is 10.9 Å². The number of nitrogens with one attached hydrogen (secondary N) is 1. The maximum atomic E-state index is 6.06. The van der Waals surface area contributed by atoms with Crippen molar-refractivity contribution in [1.82, 2.24) is 20.2 Å². The Kier molecular flexibility index (Phi) is 4.13. The molecule has 28 heavy (non-hydrogen) atoms. The fourth-order valence-electron chi connectivity index (χ4n) is 3.80. The van der Waals surface area contributed by atoms with E-state index in [-0.39, 0.29) is 12.1 Å². The minimum absolute atomic E-state index is 0.0417. The molecule has 0 aliphatic carbocycles. The standard InChI is InChI=1S/C21H18ClN5O/c1-28-18-9-6-14-10-16(3-2-15(14)11-18)19-12-20(13-4-7-17(22)8-5-13)27-21(23-19)24-25-26-27/h2-11,19-20H,12H2,1H3,(H,23,24,26). The van der Waals surface area contributed by atoms with Crippen molar-refractivity contribution < 1.29 is 4.74 Å². The monoisotopic (exact) mass is 391 g/mol. The topological polar surface area (TPSA) is 64.9 Å². The summed E-state index contributed by atoms with van der Waals surface area (Å²) in [6.07, 6.45) is 0.835. The highest BCUT2D eigenvalue weighted by Gasteiger charge is 2.30. The maximum absolute atomic E-state index is 6.06. The summed E-state index contributed by atoms with van der Waals surface area (Å²) in [4.78, 5) is 0. The van der Waals surface area contributed by atoms with Gasteiger partial charge >= 0.3 is 0 Å². The van der Waals surface area contributed by atoms with Gasteiger partial charge in [0.1, 0.15) is 5.75 Å². The van der Waals surface area contributed by atoms with Crippen LogP contribution >= 0.6 is 11.6 Å². The van der Waals surface area contributed by atoms with Gasteiger partial charge in [-0.05, 0) is 69.1 Å². The minimum Gasteiger partial charge on any atom is -0.497 e. The van der Waals surface area contributed by atoms with Crippen molar-refractivity contribution in [2.75, 3.05) is 12.4 Å². The molecule has 1 N–H and O–H groups in total. The van der Waals surface area contributed by atoms with E-state index in [1.807, 2.05) is 41.1 Å². The minimum atomic E-state index is 0.0417. The van der Waals surface area contributed by atoms with Crippen molar-refractivity contribution in [3.8, 4) is 5.75 Å². The van der Waals surface area contributed by atoms with Crippen LogP contribution in [0.2, 0.25) is 5.02 Å². The van der Waals surface area contributed by atoms with E-state index in [9.17, 15) is 0 Å². The Labute approximate surface area is 167 Å². The molecule has 2 heterocycles. The quantitative estimate of drug-likeness (QED) is 0.551. The van der Waals surface area contributed by atoms with Gasteiger partial charge in [-0.15, -0.1) is 0 Å². The van der Waals surface area contributed by atoms with Gasteiger partial charge in [0.15, 0.2) is 0 Å². The summed E-state index contributed by atoms with van der Waals surface area (Å²) in [7, 11) is 1.68. The van der Waals surface area contributed by atoms with Gasteiger partial charge < -0.3 is 10.1 Å². The fraction of sp³-hybridized carbons (Fsp3) is 0.190. The molecule has 7 heteroatoms. The second kappa shape index (κ2) is 6.80. The number of nitrogens with zero attached hydrogens (tertiary/aromatic N) is 4. The van der Waals surface area contributed by atoms with Gasteiger partial charge in [-0.25, -0.2) is 4.68 Å². The van der Waals surface area contributed by atoms with Gasteiger partial charge in [0, 0.05) is 5.02 Å². The number of aromatic nitrogens is 4. The third-order valence-electron chi connectivity index (χ3n) is 5.28. The Hall–Kier alpha value is -3.12. The number of hydrogen-bond donors (Lipinski definition) is 1. The summed E-state index contributed by atoms with van der Waals surface area (Å²) in [5, 5.41) is 18.7. The Morgan fingerprint density at radius 3 is 2.57 bits per heavy atom. The van der Waals surface area contributed by atoms with Gasteiger partial charge in [-0.2, -0.15) is 0 Å². The molecule has 1 aliphatic heterocycles. The lowest BCUT2D eigenvalue weighted by molar-refractivity contribution is 0.415. The average Bonchev–Trinajstić information content (AvgIpc) is 3.21. The molecule has 3 aromatic carbocycles. The van der Waals surface area contributed by atoms with Gasteiger partial charge in [0.2, 0.25) is 5.95 Å². The second-order valence-corrected chi connectivity index (χ2v) is 7.36. The van der Waals surface area contributed by atoms with Crippen LogP contribution in [0.3, 0.4) is 0 Å². The van der Waals surface area contributed by atoms with E-state index in [1.54, 1.807) is 7.11 Å². The molecule has 1 aromatic heterocycles. The highest BCUT2D eigenvalue weighted by Crippen LogP contribution is 2.38. The normalized spacial score (nSPS) is 18.5. The molecule has 6 nitrogen and oxygen atoms in total. The van der Waals surface area contributed by atoms with Crippen LogP contribution in [0.4, 0.5) is 5.95 Å². The lowest BCUT2D eigenvalue weighted by atomic mass is 9.92. The molecule has 0 radical (unpaired) electrons. The fourth-order valence-corrected chi connectivity index (χ4v) is 3.93. The first-order valence-corrected chi connectivity index (χ1v) is 9.46. The zero-order valence-electron chi connectivity index (χ0n) is 15.2. The summed E-state index contributed by atoms with van der Waals surface area (Å²) in [5.41, 5.74) is 2.33. The molecule has 140 valence electrons. The van der Waals surface area contributed by atoms with Crippen LogP contribution in [-0.2, 0) is 0 Å². The van der Waals surface area contributed by atoms with E-state index < -0.39 is 0 Å². The van der Waals surface area contributed by atoms with Crippen LogP contribution in [0, 0.1) is 0 Å². The number of anilines is 1. The first-order chi connectivity index (χ1) is 13.7. The first-order valence-electron chi connectivity index (χ1n) is 9.09. The van der Waals surface area contributed by atoms with Crippen molar-refractivity contribution in [3.63, 3.8) is 0 Å². The second-order valence-electron chi connectivity index (χ2n) is 6.92. The zero-order valence-corrected chi connectivity index (χ0v) is 16.0. The molecule has 4 aromatic rings. The van der Waals surface area contributed by atoms with E-state index in [4.69, 9.17) is 16.3 Å². The first kappa shape index (κ1) is 17.0. The van der Waals surface area contributed by atoms with Crippen LogP contribution in [0.5, 0.6) is 5.75 Å². The van der Waals surface area contributed by atoms with Gasteiger partial charge in [-0.1, -0.05) is 47.0 Å². The molecule has 0 saturated heterocycles. The average molecular weight is 392 g/mol. The van der Waals surface area contributed by atoms with Gasteiger partial charge in [-0.3, -0.25) is 0 Å². The van der Waals surface area contributed by atoms with Crippen molar-refractivity contribution in [1.29, 1.82) is 0 Å². The molecular formula is C21H18ClN5O. The van der Waals surface area contributed by atoms with Crippen LogP contribution in [0.1, 0.15) is 29.6 Å². The number of benzene rings is 3. The van der Waals surface area contributed by atoms with E-state index in [2.05, 4.69) is 45.1 Å². The Balaban J connectivity index is 1.52. The molecule has 1 aliphatic rings. The Morgan fingerprint density at radius 1 is 1.00 bits per heavy atom. The maximum Gasteiger partial charge on any atom is 0.243 e. The van der Waals surface area contributed by atoms with Crippen LogP contribution in [0.15, 0.2) is 60.7 Å². The zero-order chi connectivity index (χ0) is 19.1. The Bertz CT molecular complexity index is 1140. The SMILES string of the molecule is COc1ccc2cc(C3CC(c4ccc(Cl)cc4)n4nnnc4N3)ccc2c1. The van der Waals surface area contributed by atoms with Gasteiger partial charge in [0.25, 0.3) is 0 Å². The van der Waals surface area contributed by atoms with E-state index >= 15 is 0 Å². The van der Waals surface area contributed by atoms with Crippen LogP contribution in [-0.4, -0.2) is 27.3 Å². The number of methoxy groups -OCH3 is 1. The number of ether oxygens (including phenoxy) is 1. The van der Waals surface area contributed by atoms with Crippen LogP contribution in [0.25, 0.3) is 10.8 Å². The molecule has 5 rings (SSSR count). The summed E-state index contributed by atoms with van der Waals surface area (Å²) < 4.78 is 7.16. The predicted octanol–water partition coefficient (Wildman–Crippen LogP) is 4.63. The summed E-state index contributed by atoms with van der Waals surface area (Å²) in [5.74, 6) is 1.53. The molecule has 0 spiro atoms. The van der Waals surface area contributed by atoms with Crippen LogP contribution < -0.4 is 10.1 Å². The number of fused-ring (bicyclic) bond motifs is 2. The van der Waals surface area contributed by atoms with Crippen molar-refractivity contribution in [2.45, 2.75) is 18.5 Å². The summed E-state index contributed by atoms with van der Waals surface area (Å²) >= 11 is 6.06. The number of tetrazole rings is 1. The molecular weight excluding hydrogens is 374 g/mol. The molecule has 0 saturated carbocycles. The number of rotatable bonds is 3. The molecule has 2 unspecified atom stereocenters. The summed E-state index contributed by atoms with van der Waals surface area (Å²) in [6, 6.07) is 20.6. The number of halogens is 1. The smallest absolute Gasteiger partial charge is 0.243 e. The van der Waals surface area contributed by atoms with Crippen molar-refractivity contribution in [2.24, 2.45) is 0 Å². The largest absolute Gasteiger partial charge is 0.497 e. The van der Waals surface area contributed by atoms with Crippen molar-refractivity contribution in [3.05, 3.63) is 76.8 Å². The lowest BCUT2D eigenvalue weighted by Gasteiger charge is -2.31. The molecule has 0 amide bonds. The molecule has 2 atom stereocenters. The third-order valence-corrected chi connectivity index (χ3v) is 5.53. The predicted molar refractivity (Wildman–Crippen MR) is 109 cm³/mol. The molecule has 0 bridgehead atoms. The molecule has 0 fully saturated rings.